The Bertz CT molecular complexity index is 1230. The lowest BCUT2D eigenvalue weighted by Gasteiger charge is -2.08. The number of imidazole rings is 1. The standard InChI is InChI=1S/C19H19N5O2S2/c1-11-14-17(22-13-5-3-2-4-6-24(13)18(14)26)28-15(11)16(25)20-9-12-10-23-7-8-27-19(23)21-12/h7-8,10H,2-6,9H2,1H3,(H,20,25). The summed E-state index contributed by atoms with van der Waals surface area (Å²) in [4.78, 5) is 37.1. The minimum Gasteiger partial charge on any atom is -0.346 e. The molecule has 0 fully saturated rings. The van der Waals surface area contributed by atoms with E-state index in [1.165, 1.54) is 11.3 Å². The first kappa shape index (κ1) is 17.6. The number of nitrogens with zero attached hydrogens (tertiary/aromatic N) is 4. The maximum absolute atomic E-state index is 13.0. The van der Waals surface area contributed by atoms with E-state index in [9.17, 15) is 9.59 Å². The highest BCUT2D eigenvalue weighted by atomic mass is 32.1. The molecule has 9 heteroatoms. The van der Waals surface area contributed by atoms with Gasteiger partial charge in [0.25, 0.3) is 11.5 Å². The van der Waals surface area contributed by atoms with Gasteiger partial charge in [-0.2, -0.15) is 0 Å². The highest BCUT2D eigenvalue weighted by molar-refractivity contribution is 7.20. The molecule has 1 amide bonds. The number of thiophene rings is 1. The molecule has 0 saturated carbocycles. The van der Waals surface area contributed by atoms with Crippen molar-refractivity contribution in [1.29, 1.82) is 0 Å². The second-order valence-corrected chi connectivity index (χ2v) is 8.91. The number of amides is 1. The van der Waals surface area contributed by atoms with Crippen LogP contribution in [0.1, 0.15) is 46.0 Å². The first-order chi connectivity index (χ1) is 13.6. The van der Waals surface area contributed by atoms with Crippen LogP contribution in [-0.4, -0.2) is 24.8 Å². The fraction of sp³-hybridized carbons (Fsp3) is 0.368. The first-order valence-corrected chi connectivity index (χ1v) is 11.0. The minimum absolute atomic E-state index is 0.0101. The van der Waals surface area contributed by atoms with Crippen LogP contribution in [0.15, 0.2) is 22.6 Å². The number of aromatic nitrogens is 4. The van der Waals surface area contributed by atoms with Crippen LogP contribution in [-0.2, 0) is 19.5 Å². The summed E-state index contributed by atoms with van der Waals surface area (Å²) in [5.41, 5.74) is 1.52. The van der Waals surface area contributed by atoms with Crippen LogP contribution >= 0.6 is 22.7 Å². The number of nitrogens with one attached hydrogen (secondary N) is 1. The van der Waals surface area contributed by atoms with Crippen LogP contribution in [0, 0.1) is 6.92 Å². The third kappa shape index (κ3) is 2.85. The van der Waals surface area contributed by atoms with E-state index in [1.54, 1.807) is 15.9 Å². The number of hydrogen-bond donors (Lipinski definition) is 1. The number of aryl methyl sites for hydroxylation is 2. The van der Waals surface area contributed by atoms with E-state index in [1.807, 2.05) is 29.1 Å². The lowest BCUT2D eigenvalue weighted by atomic mass is 10.2. The van der Waals surface area contributed by atoms with Crippen molar-refractivity contribution in [2.75, 3.05) is 0 Å². The molecule has 0 unspecified atom stereocenters. The third-order valence-electron chi connectivity index (χ3n) is 5.19. The van der Waals surface area contributed by atoms with Crippen molar-refractivity contribution in [3.05, 3.63) is 50.1 Å². The number of fused-ring (bicyclic) bond motifs is 3. The van der Waals surface area contributed by atoms with Crippen LogP contribution in [0.4, 0.5) is 0 Å². The van der Waals surface area contributed by atoms with E-state index in [0.717, 1.165) is 47.7 Å². The molecular formula is C19H19N5O2S2. The molecule has 0 aliphatic carbocycles. The predicted octanol–water partition coefficient (Wildman–Crippen LogP) is 3.13. The number of rotatable bonds is 3. The molecule has 28 heavy (non-hydrogen) atoms. The Morgan fingerprint density at radius 2 is 2.18 bits per heavy atom. The number of carbonyl (C=O) groups is 1. The van der Waals surface area contributed by atoms with Crippen LogP contribution in [0.25, 0.3) is 15.2 Å². The van der Waals surface area contributed by atoms with Crippen molar-refractivity contribution in [2.24, 2.45) is 0 Å². The van der Waals surface area contributed by atoms with Crippen molar-refractivity contribution in [1.82, 2.24) is 24.3 Å². The lowest BCUT2D eigenvalue weighted by Crippen LogP contribution is -2.25. The van der Waals surface area contributed by atoms with Gasteiger partial charge in [-0.25, -0.2) is 9.97 Å². The van der Waals surface area contributed by atoms with Gasteiger partial charge in [0.1, 0.15) is 10.7 Å². The van der Waals surface area contributed by atoms with Crippen molar-refractivity contribution in [3.63, 3.8) is 0 Å². The third-order valence-corrected chi connectivity index (χ3v) is 7.15. The molecule has 0 spiro atoms. The maximum atomic E-state index is 13.0. The summed E-state index contributed by atoms with van der Waals surface area (Å²) in [6.07, 6.45) is 7.85. The second kappa shape index (κ2) is 6.82. The molecule has 0 aromatic carbocycles. The van der Waals surface area contributed by atoms with Crippen LogP contribution < -0.4 is 10.9 Å². The number of carbonyl (C=O) groups excluding carboxylic acids is 1. The van der Waals surface area contributed by atoms with E-state index < -0.39 is 0 Å². The van der Waals surface area contributed by atoms with Crippen LogP contribution in [0.2, 0.25) is 0 Å². The smallest absolute Gasteiger partial charge is 0.262 e. The molecule has 1 aliphatic heterocycles. The number of hydrogen-bond acceptors (Lipinski definition) is 6. The maximum Gasteiger partial charge on any atom is 0.262 e. The van der Waals surface area contributed by atoms with Crippen molar-refractivity contribution in [2.45, 2.75) is 45.7 Å². The molecule has 5 rings (SSSR count). The van der Waals surface area contributed by atoms with Gasteiger partial charge in [-0.05, 0) is 25.3 Å². The van der Waals surface area contributed by atoms with Crippen molar-refractivity contribution in [3.8, 4) is 0 Å². The number of thiazole rings is 1. The fourth-order valence-electron chi connectivity index (χ4n) is 3.74. The molecule has 1 N–H and O–H groups in total. The molecule has 0 bridgehead atoms. The fourth-order valence-corrected chi connectivity index (χ4v) is 5.56. The van der Waals surface area contributed by atoms with Gasteiger partial charge in [-0.3, -0.25) is 18.6 Å². The van der Waals surface area contributed by atoms with E-state index >= 15 is 0 Å². The Morgan fingerprint density at radius 1 is 1.29 bits per heavy atom. The van der Waals surface area contributed by atoms with E-state index in [4.69, 9.17) is 4.98 Å². The van der Waals surface area contributed by atoms with Crippen LogP contribution in [0.5, 0.6) is 0 Å². The zero-order valence-electron chi connectivity index (χ0n) is 15.4. The van der Waals surface area contributed by atoms with E-state index in [-0.39, 0.29) is 11.5 Å². The lowest BCUT2D eigenvalue weighted by molar-refractivity contribution is 0.0954. The molecule has 1 aliphatic rings. The molecule has 0 atom stereocenters. The van der Waals surface area contributed by atoms with Crippen LogP contribution in [0.3, 0.4) is 0 Å². The zero-order valence-corrected chi connectivity index (χ0v) is 17.0. The van der Waals surface area contributed by atoms with Gasteiger partial charge >= 0.3 is 0 Å². The summed E-state index contributed by atoms with van der Waals surface area (Å²) in [6.45, 7) is 2.91. The van der Waals surface area contributed by atoms with E-state index in [0.29, 0.717) is 28.2 Å². The van der Waals surface area contributed by atoms with Gasteiger partial charge in [0.2, 0.25) is 0 Å². The monoisotopic (exact) mass is 413 g/mol. The Hall–Kier alpha value is -2.52. The molecule has 5 heterocycles. The van der Waals surface area contributed by atoms with Gasteiger partial charge in [0.15, 0.2) is 4.96 Å². The molecular weight excluding hydrogens is 394 g/mol. The summed E-state index contributed by atoms with van der Waals surface area (Å²) in [5, 5.41) is 5.49. The summed E-state index contributed by atoms with van der Waals surface area (Å²) >= 11 is 2.86. The van der Waals surface area contributed by atoms with Crippen molar-refractivity contribution >= 4 is 43.8 Å². The Balaban J connectivity index is 1.45. The molecule has 0 saturated heterocycles. The molecule has 7 nitrogen and oxygen atoms in total. The highest BCUT2D eigenvalue weighted by Crippen LogP contribution is 2.28. The normalized spacial score (nSPS) is 14.3. The van der Waals surface area contributed by atoms with Gasteiger partial charge in [0, 0.05) is 30.7 Å². The Morgan fingerprint density at radius 3 is 3.04 bits per heavy atom. The largest absolute Gasteiger partial charge is 0.346 e. The van der Waals surface area contributed by atoms with E-state index in [2.05, 4.69) is 10.3 Å². The van der Waals surface area contributed by atoms with Gasteiger partial charge < -0.3 is 5.32 Å². The summed E-state index contributed by atoms with van der Waals surface area (Å²) in [7, 11) is 0. The molecule has 0 radical (unpaired) electrons. The summed E-state index contributed by atoms with van der Waals surface area (Å²) < 4.78 is 3.74. The average molecular weight is 414 g/mol. The molecule has 4 aromatic heterocycles. The second-order valence-electron chi connectivity index (χ2n) is 7.04. The Kier molecular flexibility index (Phi) is 4.28. The predicted molar refractivity (Wildman–Crippen MR) is 110 cm³/mol. The summed E-state index contributed by atoms with van der Waals surface area (Å²) in [6, 6.07) is 0. The highest BCUT2D eigenvalue weighted by Gasteiger charge is 2.22. The topological polar surface area (TPSA) is 81.3 Å². The van der Waals surface area contributed by atoms with Gasteiger partial charge in [0.05, 0.1) is 22.5 Å². The Labute approximate surface area is 168 Å². The zero-order chi connectivity index (χ0) is 19.3. The quantitative estimate of drug-likeness (QED) is 0.559. The summed E-state index contributed by atoms with van der Waals surface area (Å²) in [5.74, 6) is 0.665. The first-order valence-electron chi connectivity index (χ1n) is 9.34. The minimum atomic E-state index is -0.184. The van der Waals surface area contributed by atoms with Gasteiger partial charge in [-0.15, -0.1) is 22.7 Å². The SMILES string of the molecule is Cc1c(C(=O)NCc2cn3ccsc3n2)sc2nc3n(c(=O)c12)CCCCC3. The molecule has 4 aromatic rings. The van der Waals surface area contributed by atoms with Crippen molar-refractivity contribution < 1.29 is 4.79 Å². The van der Waals surface area contributed by atoms with Gasteiger partial charge in [-0.1, -0.05) is 6.42 Å². The molecule has 144 valence electrons. The average Bonchev–Trinajstić information content (AvgIpc) is 3.29.